The number of carbonyl (C=O) groups is 1. The second kappa shape index (κ2) is 4.02. The van der Waals surface area contributed by atoms with Crippen LogP contribution in [0.25, 0.3) is 0 Å². The zero-order chi connectivity index (χ0) is 12.8. The lowest BCUT2D eigenvalue weighted by molar-refractivity contribution is -0.117. The lowest BCUT2D eigenvalue weighted by atomic mass is 9.86. The van der Waals surface area contributed by atoms with Crippen molar-refractivity contribution in [2.24, 2.45) is 5.41 Å². The zero-order valence-corrected chi connectivity index (χ0v) is 9.88. The van der Waals surface area contributed by atoms with E-state index in [1.807, 2.05) is 0 Å². The molecule has 2 aliphatic heterocycles. The maximum absolute atomic E-state index is 13.2. The van der Waals surface area contributed by atoms with Crippen molar-refractivity contribution >= 4 is 11.6 Å². The van der Waals surface area contributed by atoms with Gasteiger partial charge in [0.05, 0.1) is 0 Å². The second-order valence-corrected chi connectivity index (χ2v) is 5.18. The van der Waals surface area contributed by atoms with E-state index in [4.69, 9.17) is 0 Å². The van der Waals surface area contributed by atoms with Crippen LogP contribution in [0.2, 0.25) is 0 Å². The van der Waals surface area contributed by atoms with Crippen LogP contribution >= 0.6 is 0 Å². The van der Waals surface area contributed by atoms with Gasteiger partial charge in [-0.2, -0.15) is 0 Å². The highest BCUT2D eigenvalue weighted by molar-refractivity contribution is 5.96. The van der Waals surface area contributed by atoms with Gasteiger partial charge in [-0.15, -0.1) is 0 Å². The van der Waals surface area contributed by atoms with Gasteiger partial charge in [0.25, 0.3) is 0 Å². The van der Waals surface area contributed by atoms with Gasteiger partial charge in [-0.05, 0) is 25.1 Å². The van der Waals surface area contributed by atoms with Crippen LogP contribution in [0.15, 0.2) is 18.2 Å². The van der Waals surface area contributed by atoms with Crippen molar-refractivity contribution in [2.75, 3.05) is 24.5 Å². The number of halogens is 2. The Morgan fingerprint density at radius 2 is 2.11 bits per heavy atom. The Labute approximate surface area is 104 Å². The highest BCUT2D eigenvalue weighted by atomic mass is 19.2. The van der Waals surface area contributed by atoms with E-state index in [0.717, 1.165) is 31.6 Å². The van der Waals surface area contributed by atoms with Crippen molar-refractivity contribution in [3.05, 3.63) is 29.8 Å². The first-order valence-corrected chi connectivity index (χ1v) is 6.06. The van der Waals surface area contributed by atoms with E-state index in [1.165, 1.54) is 6.07 Å². The number of benzene rings is 1. The molecular formula is C13H14F2N2O. The van der Waals surface area contributed by atoms with Crippen molar-refractivity contribution < 1.29 is 13.6 Å². The molecule has 1 amide bonds. The minimum absolute atomic E-state index is 0.00953. The van der Waals surface area contributed by atoms with Crippen molar-refractivity contribution in [1.29, 1.82) is 0 Å². The first kappa shape index (κ1) is 11.6. The highest BCUT2D eigenvalue weighted by Crippen LogP contribution is 2.39. The van der Waals surface area contributed by atoms with Crippen molar-refractivity contribution in [3.63, 3.8) is 0 Å². The van der Waals surface area contributed by atoms with Gasteiger partial charge in [-0.25, -0.2) is 8.78 Å². The summed E-state index contributed by atoms with van der Waals surface area (Å²) in [6.45, 7) is 2.32. The summed E-state index contributed by atoms with van der Waals surface area (Å²) in [4.78, 5) is 13.6. The molecular weight excluding hydrogens is 238 g/mol. The molecule has 1 atom stereocenters. The average Bonchev–Trinajstić information content (AvgIpc) is 2.91. The largest absolute Gasteiger partial charge is 0.316 e. The highest BCUT2D eigenvalue weighted by Gasteiger charge is 2.45. The predicted molar refractivity (Wildman–Crippen MR) is 63.2 cm³/mol. The number of anilines is 1. The van der Waals surface area contributed by atoms with Crippen LogP contribution in [0, 0.1) is 17.0 Å². The van der Waals surface area contributed by atoms with Gasteiger partial charge in [0, 0.05) is 36.7 Å². The monoisotopic (exact) mass is 252 g/mol. The summed E-state index contributed by atoms with van der Waals surface area (Å²) < 4.78 is 26.1. The van der Waals surface area contributed by atoms with Gasteiger partial charge >= 0.3 is 0 Å². The van der Waals surface area contributed by atoms with Gasteiger partial charge in [-0.3, -0.25) is 4.79 Å². The molecule has 2 fully saturated rings. The fourth-order valence-electron chi connectivity index (χ4n) is 2.87. The van der Waals surface area contributed by atoms with E-state index in [-0.39, 0.29) is 11.3 Å². The number of rotatable bonds is 1. The molecule has 0 bridgehead atoms. The minimum atomic E-state index is -0.911. The summed E-state index contributed by atoms with van der Waals surface area (Å²) in [5.41, 5.74) is 0.421. The van der Waals surface area contributed by atoms with E-state index in [2.05, 4.69) is 5.32 Å². The Balaban J connectivity index is 1.88. The molecule has 1 aromatic rings. The van der Waals surface area contributed by atoms with E-state index >= 15 is 0 Å². The molecule has 96 valence electrons. The molecule has 2 heterocycles. The number of nitrogens with one attached hydrogen (secondary N) is 1. The third kappa shape index (κ3) is 1.79. The Bertz CT molecular complexity index is 498. The summed E-state index contributed by atoms with van der Waals surface area (Å²) in [7, 11) is 0. The Kier molecular flexibility index (Phi) is 2.59. The Morgan fingerprint density at radius 1 is 1.28 bits per heavy atom. The third-order valence-corrected chi connectivity index (χ3v) is 3.87. The summed E-state index contributed by atoms with van der Waals surface area (Å²) in [6.07, 6.45) is 1.44. The van der Waals surface area contributed by atoms with Crippen LogP contribution in [0.5, 0.6) is 0 Å². The normalized spacial score (nSPS) is 27.4. The fraction of sp³-hybridized carbons (Fsp3) is 0.462. The number of nitrogens with zero attached hydrogens (tertiary/aromatic N) is 1. The van der Waals surface area contributed by atoms with Crippen LogP contribution in [0.3, 0.4) is 0 Å². The molecule has 0 aliphatic carbocycles. The number of carbonyl (C=O) groups excluding carboxylic acids is 1. The van der Waals surface area contributed by atoms with Crippen LogP contribution in [0.4, 0.5) is 14.5 Å². The fourth-order valence-corrected chi connectivity index (χ4v) is 2.87. The van der Waals surface area contributed by atoms with E-state index in [9.17, 15) is 13.6 Å². The van der Waals surface area contributed by atoms with E-state index < -0.39 is 11.6 Å². The van der Waals surface area contributed by atoms with Crippen molar-refractivity contribution in [3.8, 4) is 0 Å². The van der Waals surface area contributed by atoms with Gasteiger partial charge in [0.2, 0.25) is 5.91 Å². The molecule has 18 heavy (non-hydrogen) atoms. The molecule has 3 rings (SSSR count). The van der Waals surface area contributed by atoms with Crippen LogP contribution < -0.4 is 10.2 Å². The molecule has 2 saturated heterocycles. The maximum Gasteiger partial charge on any atom is 0.227 e. The van der Waals surface area contributed by atoms with Crippen molar-refractivity contribution in [2.45, 2.75) is 12.8 Å². The van der Waals surface area contributed by atoms with Crippen LogP contribution in [-0.2, 0) is 4.79 Å². The third-order valence-electron chi connectivity index (χ3n) is 3.87. The Morgan fingerprint density at radius 3 is 2.78 bits per heavy atom. The molecule has 2 aliphatic rings. The molecule has 5 heteroatoms. The van der Waals surface area contributed by atoms with E-state index in [1.54, 1.807) is 4.90 Å². The lowest BCUT2D eigenvalue weighted by Gasteiger charge is -2.22. The minimum Gasteiger partial charge on any atom is -0.316 e. The van der Waals surface area contributed by atoms with Gasteiger partial charge in [0.1, 0.15) is 0 Å². The lowest BCUT2D eigenvalue weighted by Crippen LogP contribution is -2.30. The summed E-state index contributed by atoms with van der Waals surface area (Å²) in [6, 6.07) is 3.61. The first-order chi connectivity index (χ1) is 8.60. The zero-order valence-electron chi connectivity index (χ0n) is 9.88. The molecule has 0 saturated carbocycles. The van der Waals surface area contributed by atoms with Gasteiger partial charge in [0.15, 0.2) is 11.6 Å². The maximum atomic E-state index is 13.2. The second-order valence-electron chi connectivity index (χ2n) is 5.18. The number of hydrogen-bond donors (Lipinski definition) is 1. The van der Waals surface area contributed by atoms with E-state index in [0.29, 0.717) is 18.7 Å². The Hall–Kier alpha value is -1.49. The number of amides is 1. The first-order valence-electron chi connectivity index (χ1n) is 6.06. The average molecular weight is 252 g/mol. The SMILES string of the molecule is O=C1C[C@@]2(CCNC2)CN1c1ccc(F)c(F)c1. The summed E-state index contributed by atoms with van der Waals surface area (Å²) >= 11 is 0. The molecule has 1 aromatic carbocycles. The smallest absolute Gasteiger partial charge is 0.227 e. The molecule has 0 radical (unpaired) electrons. The standard InChI is InChI=1S/C13H14F2N2O/c14-10-2-1-9(5-11(10)15)17-8-13(6-12(17)18)3-4-16-7-13/h1-2,5,16H,3-4,6-8H2/t13-/m1/s1. The van der Waals surface area contributed by atoms with Gasteiger partial charge < -0.3 is 10.2 Å². The topological polar surface area (TPSA) is 32.3 Å². The molecule has 0 unspecified atom stereocenters. The summed E-state index contributed by atoms with van der Waals surface area (Å²) in [5.74, 6) is -1.81. The molecule has 0 aromatic heterocycles. The van der Waals surface area contributed by atoms with Crippen molar-refractivity contribution in [1.82, 2.24) is 5.32 Å². The molecule has 3 nitrogen and oxygen atoms in total. The van der Waals surface area contributed by atoms with Crippen LogP contribution in [0.1, 0.15) is 12.8 Å². The molecule has 1 spiro atoms. The molecule has 1 N–H and O–H groups in total. The quantitative estimate of drug-likeness (QED) is 0.824. The van der Waals surface area contributed by atoms with Crippen LogP contribution in [-0.4, -0.2) is 25.5 Å². The predicted octanol–water partition coefficient (Wildman–Crippen LogP) is 1.68. The number of hydrogen-bond acceptors (Lipinski definition) is 2. The van der Waals surface area contributed by atoms with Gasteiger partial charge in [-0.1, -0.05) is 0 Å². The summed E-state index contributed by atoms with van der Waals surface area (Å²) in [5, 5.41) is 3.26.